The van der Waals surface area contributed by atoms with Crippen LogP contribution in [0.1, 0.15) is 36.5 Å². The van der Waals surface area contributed by atoms with Crippen LogP contribution in [-0.2, 0) is 0 Å². The van der Waals surface area contributed by atoms with Crippen LogP contribution in [0.25, 0.3) is 48.9 Å². The Bertz CT molecular complexity index is 1780. The average molecular weight is 511 g/mol. The summed E-state index contributed by atoms with van der Waals surface area (Å²) in [5.74, 6) is 1.29. The standard InChI is InChI=1S/C28H30N8S/c1-15(2)24-25(19-13-36-28(30-14-31-36)17(4)16(19)3)32-22-12-23(37-26(22)24)27-33-20-6-5-18(11-21(20)34-27)35-9-7-29-8-10-35/h5-6,11-15,29,32H,7-10H2,1-4H3,(H,33,34). The van der Waals surface area contributed by atoms with Gasteiger partial charge >= 0.3 is 0 Å². The van der Waals surface area contributed by atoms with E-state index in [-0.39, 0.29) is 0 Å². The molecule has 1 saturated heterocycles. The lowest BCUT2D eigenvalue weighted by molar-refractivity contribution is 0.589. The van der Waals surface area contributed by atoms with Crippen molar-refractivity contribution < 1.29 is 0 Å². The van der Waals surface area contributed by atoms with Crippen LogP contribution in [-0.4, -0.2) is 55.7 Å². The van der Waals surface area contributed by atoms with Crippen LogP contribution in [0.3, 0.4) is 0 Å². The van der Waals surface area contributed by atoms with Crippen LogP contribution in [0, 0.1) is 13.8 Å². The number of aryl methyl sites for hydroxylation is 1. The van der Waals surface area contributed by atoms with Gasteiger partial charge in [0.05, 0.1) is 31.8 Å². The highest BCUT2D eigenvalue weighted by Crippen LogP contribution is 2.43. The Hall–Kier alpha value is -3.69. The van der Waals surface area contributed by atoms with Gasteiger partial charge in [-0.05, 0) is 60.7 Å². The molecular weight excluding hydrogens is 480 g/mol. The van der Waals surface area contributed by atoms with Crippen molar-refractivity contribution in [3.05, 3.63) is 53.5 Å². The van der Waals surface area contributed by atoms with Gasteiger partial charge in [0.2, 0.25) is 0 Å². The Balaban J connectivity index is 1.31. The zero-order chi connectivity index (χ0) is 25.3. The number of rotatable bonds is 4. The molecule has 0 radical (unpaired) electrons. The summed E-state index contributed by atoms with van der Waals surface area (Å²) < 4.78 is 3.17. The number of hydrogen-bond donors (Lipinski definition) is 3. The van der Waals surface area contributed by atoms with E-state index in [2.05, 4.69) is 88.4 Å². The molecule has 8 nitrogen and oxygen atoms in total. The minimum absolute atomic E-state index is 0.360. The lowest BCUT2D eigenvalue weighted by atomic mass is 9.96. The minimum atomic E-state index is 0.360. The summed E-state index contributed by atoms with van der Waals surface area (Å²) >= 11 is 1.81. The lowest BCUT2D eigenvalue weighted by Gasteiger charge is -2.29. The van der Waals surface area contributed by atoms with Gasteiger partial charge in [-0.2, -0.15) is 5.10 Å². The SMILES string of the molecule is Cc1c(-c2[nH]c3cc(-c4nc5ccc(N6CCNCC6)cc5[nH]4)sc3c2C(C)C)cn2ncnc2c1C. The summed E-state index contributed by atoms with van der Waals surface area (Å²) in [5.41, 5.74) is 11.5. The number of pyridine rings is 1. The highest BCUT2D eigenvalue weighted by Gasteiger charge is 2.23. The summed E-state index contributed by atoms with van der Waals surface area (Å²) in [5, 5.41) is 7.83. The maximum Gasteiger partial charge on any atom is 0.158 e. The Kier molecular flexibility index (Phi) is 5.12. The molecule has 5 aromatic heterocycles. The maximum atomic E-state index is 4.94. The van der Waals surface area contributed by atoms with Gasteiger partial charge in [-0.1, -0.05) is 13.8 Å². The quantitative estimate of drug-likeness (QED) is 0.286. The average Bonchev–Trinajstić information content (AvgIpc) is 3.67. The highest BCUT2D eigenvalue weighted by molar-refractivity contribution is 7.22. The number of H-pyrrole nitrogens is 2. The molecule has 1 aromatic carbocycles. The molecule has 1 fully saturated rings. The first-order valence-corrected chi connectivity index (χ1v) is 13.7. The van der Waals surface area contributed by atoms with Crippen LogP contribution in [0.5, 0.6) is 0 Å². The third kappa shape index (κ3) is 3.56. The number of hydrogen-bond acceptors (Lipinski definition) is 6. The summed E-state index contributed by atoms with van der Waals surface area (Å²) in [6, 6.07) is 8.80. The second-order valence-corrected chi connectivity index (χ2v) is 11.3. The van der Waals surface area contributed by atoms with E-state index in [0.29, 0.717) is 5.92 Å². The number of fused-ring (bicyclic) bond motifs is 3. The normalized spacial score (nSPS) is 14.7. The molecular formula is C28H30N8S. The van der Waals surface area contributed by atoms with Crippen LogP contribution < -0.4 is 10.2 Å². The number of nitrogens with one attached hydrogen (secondary N) is 3. The lowest BCUT2D eigenvalue weighted by Crippen LogP contribution is -2.43. The zero-order valence-corrected chi connectivity index (χ0v) is 22.3. The van der Waals surface area contributed by atoms with Gasteiger partial charge < -0.3 is 20.2 Å². The molecule has 9 heteroatoms. The van der Waals surface area contributed by atoms with Crippen LogP contribution in [0.4, 0.5) is 5.69 Å². The van der Waals surface area contributed by atoms with E-state index in [1.54, 1.807) is 17.7 Å². The fraction of sp³-hybridized carbons (Fsp3) is 0.321. The zero-order valence-electron chi connectivity index (χ0n) is 21.5. The van der Waals surface area contributed by atoms with Gasteiger partial charge in [-0.15, -0.1) is 11.3 Å². The molecule has 0 saturated carbocycles. The Morgan fingerprint density at radius 3 is 2.65 bits per heavy atom. The van der Waals surface area contributed by atoms with E-state index >= 15 is 0 Å². The van der Waals surface area contributed by atoms with Gasteiger partial charge in [0.25, 0.3) is 0 Å². The highest BCUT2D eigenvalue weighted by atomic mass is 32.1. The molecule has 0 atom stereocenters. The number of piperazine rings is 1. The molecule has 1 aliphatic rings. The molecule has 0 unspecified atom stereocenters. The Morgan fingerprint density at radius 2 is 1.84 bits per heavy atom. The summed E-state index contributed by atoms with van der Waals surface area (Å²) in [4.78, 5) is 20.3. The number of anilines is 1. The molecule has 0 amide bonds. The molecule has 6 heterocycles. The van der Waals surface area contributed by atoms with Crippen molar-refractivity contribution in [1.29, 1.82) is 0 Å². The van der Waals surface area contributed by atoms with E-state index < -0.39 is 0 Å². The van der Waals surface area contributed by atoms with Crippen molar-refractivity contribution in [2.24, 2.45) is 0 Å². The second-order valence-electron chi connectivity index (χ2n) is 10.3. The van der Waals surface area contributed by atoms with E-state index in [4.69, 9.17) is 4.98 Å². The first-order valence-electron chi connectivity index (χ1n) is 12.9. The van der Waals surface area contributed by atoms with Crippen molar-refractivity contribution in [3.63, 3.8) is 0 Å². The van der Waals surface area contributed by atoms with Gasteiger partial charge in [-0.3, -0.25) is 0 Å². The van der Waals surface area contributed by atoms with Gasteiger partial charge in [0.15, 0.2) is 5.65 Å². The van der Waals surface area contributed by atoms with E-state index in [0.717, 1.165) is 64.6 Å². The number of thiophene rings is 1. The third-order valence-electron chi connectivity index (χ3n) is 7.66. The number of benzene rings is 1. The van der Waals surface area contributed by atoms with Gasteiger partial charge in [0.1, 0.15) is 12.2 Å². The Morgan fingerprint density at radius 1 is 1.00 bits per heavy atom. The largest absolute Gasteiger partial charge is 0.369 e. The molecule has 0 bridgehead atoms. The number of aromatic nitrogens is 6. The Labute approximate surface area is 218 Å². The molecule has 188 valence electrons. The number of imidazole rings is 1. The van der Waals surface area contributed by atoms with Crippen molar-refractivity contribution in [2.75, 3.05) is 31.1 Å². The van der Waals surface area contributed by atoms with Crippen molar-refractivity contribution in [2.45, 2.75) is 33.6 Å². The predicted octanol–water partition coefficient (Wildman–Crippen LogP) is 5.63. The molecule has 3 N–H and O–H groups in total. The minimum Gasteiger partial charge on any atom is -0.369 e. The summed E-state index contributed by atoms with van der Waals surface area (Å²) in [6.07, 6.45) is 3.72. The van der Waals surface area contributed by atoms with Gasteiger partial charge in [0, 0.05) is 43.6 Å². The monoisotopic (exact) mass is 510 g/mol. The van der Waals surface area contributed by atoms with Gasteiger partial charge in [-0.25, -0.2) is 14.5 Å². The molecule has 1 aliphatic heterocycles. The third-order valence-corrected chi connectivity index (χ3v) is 8.83. The second kappa shape index (κ2) is 8.43. The fourth-order valence-corrected chi connectivity index (χ4v) is 6.83. The number of nitrogens with zero attached hydrogens (tertiary/aromatic N) is 5. The predicted molar refractivity (Wildman–Crippen MR) is 152 cm³/mol. The molecule has 0 aliphatic carbocycles. The van der Waals surface area contributed by atoms with E-state index in [1.165, 1.54) is 32.8 Å². The summed E-state index contributed by atoms with van der Waals surface area (Å²) in [6.45, 7) is 12.9. The van der Waals surface area contributed by atoms with Crippen molar-refractivity contribution >= 4 is 43.9 Å². The maximum absolute atomic E-state index is 4.94. The van der Waals surface area contributed by atoms with Crippen LogP contribution in [0.2, 0.25) is 0 Å². The van der Waals surface area contributed by atoms with Crippen molar-refractivity contribution in [3.8, 4) is 22.0 Å². The van der Waals surface area contributed by atoms with Crippen LogP contribution >= 0.6 is 11.3 Å². The van der Waals surface area contributed by atoms with E-state index in [1.807, 2.05) is 4.52 Å². The topological polar surface area (TPSA) is 89.9 Å². The molecule has 0 spiro atoms. The summed E-state index contributed by atoms with van der Waals surface area (Å²) in [7, 11) is 0. The molecule has 7 rings (SSSR count). The molecule has 6 aromatic rings. The fourth-order valence-electron chi connectivity index (χ4n) is 5.57. The van der Waals surface area contributed by atoms with E-state index in [9.17, 15) is 0 Å². The first-order chi connectivity index (χ1) is 18.0. The smallest absolute Gasteiger partial charge is 0.158 e. The first kappa shape index (κ1) is 22.5. The van der Waals surface area contributed by atoms with Crippen molar-refractivity contribution in [1.82, 2.24) is 34.9 Å². The van der Waals surface area contributed by atoms with Crippen LogP contribution in [0.15, 0.2) is 36.8 Å². The number of aromatic amines is 2. The molecule has 37 heavy (non-hydrogen) atoms.